The molecule has 0 atom stereocenters. The zero-order chi connectivity index (χ0) is 12.0. The van der Waals surface area contributed by atoms with Crippen LogP contribution < -0.4 is 23.6 Å². The van der Waals surface area contributed by atoms with Crippen LogP contribution in [0.2, 0.25) is 0 Å². The molecule has 2 heterocycles. The predicted octanol–water partition coefficient (Wildman–Crippen LogP) is -0.111. The molecule has 0 fully saturated rings. The number of nitrogens with zero attached hydrogens (tertiary/aromatic N) is 2. The van der Waals surface area contributed by atoms with Gasteiger partial charge in [0.1, 0.15) is 9.26 Å². The fourth-order valence-electron chi connectivity index (χ4n) is 1.19. The van der Waals surface area contributed by atoms with E-state index < -0.39 is 18.9 Å². The summed E-state index contributed by atoms with van der Waals surface area (Å²) in [6.07, 6.45) is 3.83. The molecule has 0 bridgehead atoms. The van der Waals surface area contributed by atoms with E-state index in [0.29, 0.717) is 0 Å². The van der Waals surface area contributed by atoms with Gasteiger partial charge in [0.15, 0.2) is 7.05 Å². The standard InChI is InChI=1S/C9H8IN3.Cl2I/c1-13-6-7(10)9(12-13)8-4-2-3-5-11-8;1-3-2/h2-6H,1H3;/q;-1/p+1. The number of hydrogen-bond donors (Lipinski definition) is 1. The van der Waals surface area contributed by atoms with Gasteiger partial charge in [-0.2, -0.15) is 5.10 Å². The summed E-state index contributed by atoms with van der Waals surface area (Å²) < 4.78 is 3.10. The van der Waals surface area contributed by atoms with Crippen molar-refractivity contribution >= 4 is 40.4 Å². The fraction of sp³-hybridized carbons (Fsp3) is 0.111. The number of rotatable bonds is 1. The van der Waals surface area contributed by atoms with Crippen LogP contribution in [0.3, 0.4) is 0 Å². The van der Waals surface area contributed by atoms with E-state index in [-0.39, 0.29) is 0 Å². The molecule has 0 aliphatic heterocycles. The Morgan fingerprint density at radius 3 is 2.56 bits per heavy atom. The molecule has 2 rings (SSSR count). The van der Waals surface area contributed by atoms with Gasteiger partial charge in [0.05, 0.1) is 5.69 Å². The summed E-state index contributed by atoms with van der Waals surface area (Å²) in [6.45, 7) is 0. The first-order valence-corrected chi connectivity index (χ1v) is 10.8. The summed E-state index contributed by atoms with van der Waals surface area (Å²) in [5.41, 5.74) is 2.05. The van der Waals surface area contributed by atoms with Crippen molar-refractivity contribution in [3.8, 4) is 11.4 Å². The van der Waals surface area contributed by atoms with Gasteiger partial charge in [0.25, 0.3) is 0 Å². The van der Waals surface area contributed by atoms with Crippen LogP contribution in [0.1, 0.15) is 0 Å². The Bertz CT molecular complexity index is 434. The third kappa shape index (κ3) is 4.34. The molecule has 2 aromatic rings. The van der Waals surface area contributed by atoms with E-state index in [2.05, 4.69) is 32.7 Å². The molecule has 7 heteroatoms. The number of H-pyrrole nitrogens is 1. The van der Waals surface area contributed by atoms with Crippen LogP contribution in [-0.2, 0) is 7.05 Å². The van der Waals surface area contributed by atoms with Crippen LogP contribution in [-0.4, -0.2) is 10.1 Å². The van der Waals surface area contributed by atoms with E-state index in [1.54, 1.807) is 6.20 Å². The minimum absolute atomic E-state index is 0.466. The summed E-state index contributed by atoms with van der Waals surface area (Å²) >= 11 is 1.83. The molecule has 0 radical (unpaired) electrons. The van der Waals surface area contributed by atoms with E-state index in [1.165, 1.54) is 3.57 Å². The molecular weight excluding hydrogens is 475 g/mol. The third-order valence-electron chi connectivity index (χ3n) is 1.76. The Labute approximate surface area is 125 Å². The second-order valence-corrected chi connectivity index (χ2v) is 7.21. The molecule has 0 saturated heterocycles. The van der Waals surface area contributed by atoms with E-state index in [4.69, 9.17) is 17.8 Å². The molecule has 3 nitrogen and oxygen atoms in total. The van der Waals surface area contributed by atoms with E-state index in [9.17, 15) is 0 Å². The molecule has 0 aliphatic rings. The van der Waals surface area contributed by atoms with Crippen molar-refractivity contribution in [3.05, 3.63) is 34.2 Å². The summed E-state index contributed by atoms with van der Waals surface area (Å²) in [5, 5.41) is 3.21. The van der Waals surface area contributed by atoms with E-state index in [1.807, 2.05) is 36.1 Å². The number of pyridine rings is 1. The first-order valence-electron chi connectivity index (χ1n) is 4.21. The van der Waals surface area contributed by atoms with Crippen molar-refractivity contribution in [2.75, 3.05) is 0 Å². The molecule has 0 amide bonds. The van der Waals surface area contributed by atoms with E-state index >= 15 is 0 Å². The average Bonchev–Trinajstić information content (AvgIpc) is 2.60. The van der Waals surface area contributed by atoms with Gasteiger partial charge < -0.3 is 0 Å². The van der Waals surface area contributed by atoms with Crippen molar-refractivity contribution in [2.24, 2.45) is 7.05 Å². The Morgan fingerprint density at radius 1 is 1.44 bits per heavy atom. The second kappa shape index (κ2) is 7.67. The molecule has 2 aromatic heterocycles. The molecule has 0 aromatic carbocycles. The van der Waals surface area contributed by atoms with Gasteiger partial charge in [-0.25, -0.2) is 0 Å². The summed E-state index contributed by atoms with van der Waals surface area (Å²) in [5.74, 6) is 0. The summed E-state index contributed by atoms with van der Waals surface area (Å²) in [4.78, 5) is 4.27. The predicted molar refractivity (Wildman–Crippen MR) is 69.6 cm³/mol. The number of nitrogens with one attached hydrogen (secondary N) is 1. The number of aromatic amines is 1. The molecular formula is C9H9Cl2I2N3. The first kappa shape index (κ1) is 14.5. The molecule has 0 spiro atoms. The second-order valence-electron chi connectivity index (χ2n) is 2.84. The molecule has 1 N–H and O–H groups in total. The van der Waals surface area contributed by atoms with Gasteiger partial charge >= 0.3 is 36.8 Å². The Hall–Kier alpha value is 0.400. The molecule has 88 valence electrons. The van der Waals surface area contributed by atoms with Crippen LogP contribution in [0.25, 0.3) is 11.4 Å². The Morgan fingerprint density at radius 2 is 2.12 bits per heavy atom. The number of aryl methyl sites for hydroxylation is 1. The maximum atomic E-state index is 4.87. The van der Waals surface area contributed by atoms with Gasteiger partial charge in [0.2, 0.25) is 6.20 Å². The van der Waals surface area contributed by atoms with Crippen LogP contribution in [0.15, 0.2) is 30.6 Å². The van der Waals surface area contributed by atoms with Crippen LogP contribution in [0.5, 0.6) is 0 Å². The van der Waals surface area contributed by atoms with Gasteiger partial charge in [-0.15, -0.1) is 4.68 Å². The molecule has 0 saturated carbocycles. The average molecular weight is 484 g/mol. The monoisotopic (exact) mass is 483 g/mol. The summed E-state index contributed by atoms with van der Waals surface area (Å²) in [6, 6.07) is 5.90. The summed E-state index contributed by atoms with van der Waals surface area (Å²) in [7, 11) is 11.7. The van der Waals surface area contributed by atoms with Gasteiger partial charge in [-0.1, -0.05) is 6.07 Å². The number of hydrogen-bond acceptors (Lipinski definition) is 1. The van der Waals surface area contributed by atoms with Gasteiger partial charge in [-0.3, -0.25) is 4.98 Å². The van der Waals surface area contributed by atoms with Crippen molar-refractivity contribution < 1.29 is 23.6 Å². The zero-order valence-electron chi connectivity index (χ0n) is 8.29. The molecule has 0 unspecified atom stereocenters. The van der Waals surface area contributed by atoms with Crippen molar-refractivity contribution in [1.29, 1.82) is 0 Å². The van der Waals surface area contributed by atoms with Crippen LogP contribution in [0.4, 0.5) is 0 Å². The fourth-order valence-corrected chi connectivity index (χ4v) is 2.00. The maximum absolute atomic E-state index is 4.87. The minimum atomic E-state index is -0.466. The van der Waals surface area contributed by atoms with Crippen LogP contribution in [0, 0.1) is 3.57 Å². The quantitative estimate of drug-likeness (QED) is 0.446. The third-order valence-corrected chi connectivity index (χ3v) is 2.57. The Balaban J connectivity index is 0.000000386. The van der Waals surface area contributed by atoms with Gasteiger partial charge in [0, 0.05) is 6.20 Å². The first-order chi connectivity index (χ1) is 7.69. The van der Waals surface area contributed by atoms with Crippen LogP contribution >= 0.6 is 40.4 Å². The molecule has 16 heavy (non-hydrogen) atoms. The Kier molecular flexibility index (Phi) is 6.94. The van der Waals surface area contributed by atoms with Gasteiger partial charge in [-0.05, 0) is 34.7 Å². The number of halogens is 4. The normalized spacial score (nSPS) is 9.75. The SMILES string of the molecule is C[n+]1cc(I)c(-c2ccccn2)[nH]1.Cl[I-]Cl. The van der Waals surface area contributed by atoms with Crippen molar-refractivity contribution in [2.45, 2.75) is 0 Å². The topological polar surface area (TPSA) is 32.6 Å². The zero-order valence-corrected chi connectivity index (χ0v) is 14.1. The number of aromatic nitrogens is 3. The van der Waals surface area contributed by atoms with E-state index in [0.717, 1.165) is 11.4 Å². The van der Waals surface area contributed by atoms with Crippen molar-refractivity contribution in [3.63, 3.8) is 0 Å². The van der Waals surface area contributed by atoms with Crippen molar-refractivity contribution in [1.82, 2.24) is 10.1 Å². The molecule has 0 aliphatic carbocycles.